The van der Waals surface area contributed by atoms with Crippen LogP contribution in [0.3, 0.4) is 0 Å². The van der Waals surface area contributed by atoms with Crippen molar-refractivity contribution < 1.29 is 4.74 Å². The first-order chi connectivity index (χ1) is 46.6. The standard InChI is InChI=1S/C86H75B2N7O/c1-83(2)46-48-85(5,6)65-50-61(42-44-63(65)83)91(56-28-14-9-15-29-56)77-54-74-79-81(89-77)94(59-34-20-12-21-35-59)71-40-26-24-38-67(71)87(79)69-52-70-75(53-73(69)93(74)58-32-18-11-19-33-58)96-76-55-78(90-82-80(76)88(70)68-39-25-27-41-72(68)95(82)60-36-22-13-23-37-60)92(57-30-16-10-17-31-57)62-43-45-64-66(51-62)86(7,8)49-47-84(64,3)4/h9-45,50-55H,46-49H2,1-8H3. The Kier molecular flexibility index (Phi) is 13.0. The summed E-state index contributed by atoms with van der Waals surface area (Å²) in [5.41, 5.74) is 24.1. The molecule has 0 N–H and O–H groups in total. The lowest BCUT2D eigenvalue weighted by atomic mass is 9.31. The maximum atomic E-state index is 7.83. The van der Waals surface area contributed by atoms with Crippen LogP contribution in [0, 0.1) is 0 Å². The Morgan fingerprint density at radius 3 is 1.19 bits per heavy atom. The minimum Gasteiger partial charge on any atom is -0.458 e. The predicted octanol–water partition coefficient (Wildman–Crippen LogP) is 18.6. The van der Waals surface area contributed by atoms with Crippen LogP contribution in [-0.2, 0) is 21.7 Å². The van der Waals surface area contributed by atoms with Crippen molar-refractivity contribution in [3.05, 3.63) is 283 Å². The van der Waals surface area contributed by atoms with E-state index in [0.717, 1.165) is 139 Å². The average Bonchev–Trinajstić information content (AvgIpc) is 0.684. The van der Waals surface area contributed by atoms with Crippen LogP contribution in [0.2, 0.25) is 0 Å². The smallest absolute Gasteiger partial charge is 0.258 e. The van der Waals surface area contributed by atoms with Crippen LogP contribution in [-0.4, -0.2) is 23.4 Å². The summed E-state index contributed by atoms with van der Waals surface area (Å²) >= 11 is 0. The molecule has 10 heteroatoms. The van der Waals surface area contributed by atoms with E-state index < -0.39 is 0 Å². The molecule has 0 radical (unpaired) electrons. The number of hydrogen-bond acceptors (Lipinski definition) is 8. The summed E-state index contributed by atoms with van der Waals surface area (Å²) in [6, 6.07) is 96.0. The molecule has 6 aliphatic rings. The van der Waals surface area contributed by atoms with Gasteiger partial charge in [0.2, 0.25) is 0 Å². The molecule has 10 aromatic carbocycles. The molecule has 0 unspecified atom stereocenters. The molecule has 96 heavy (non-hydrogen) atoms. The topological polar surface area (TPSA) is 51.2 Å². The van der Waals surface area contributed by atoms with Gasteiger partial charge in [0.05, 0.1) is 0 Å². The van der Waals surface area contributed by atoms with Crippen molar-refractivity contribution in [2.75, 3.05) is 24.5 Å². The average molecular weight is 1240 g/mol. The summed E-state index contributed by atoms with van der Waals surface area (Å²) in [4.78, 5) is 24.1. The van der Waals surface area contributed by atoms with Crippen LogP contribution in [0.25, 0.3) is 0 Å². The van der Waals surface area contributed by atoms with E-state index >= 15 is 0 Å². The second-order valence-corrected chi connectivity index (χ2v) is 29.8. The third-order valence-electron chi connectivity index (χ3n) is 22.2. The largest absolute Gasteiger partial charge is 0.458 e. The van der Waals surface area contributed by atoms with Crippen molar-refractivity contribution >= 4 is 132 Å². The molecule has 0 atom stereocenters. The monoisotopic (exact) mass is 1240 g/mol. The SMILES string of the molecule is CC1(C)CCC(C)(C)c2cc(N(c3ccccc3)c3cc4c5c(n3)N(c3ccccc3)c3ccccc3B5c3cc5c(cc3O4)N(c3ccccc3)c3cc(N(c4ccccc4)c4ccc6c(c4)C(C)(C)CCC6(C)C)nc4c3B5c3ccccc3N4c3ccccc3)ccc21. The van der Waals surface area contributed by atoms with Crippen LogP contribution in [0.5, 0.6) is 11.5 Å². The van der Waals surface area contributed by atoms with Crippen molar-refractivity contribution in [1.82, 2.24) is 9.97 Å². The molecular formula is C86H75B2N7O. The molecule has 0 bridgehead atoms. The van der Waals surface area contributed by atoms with Gasteiger partial charge in [-0.1, -0.05) is 201 Å². The molecule has 4 aliphatic heterocycles. The number of pyridine rings is 2. The first kappa shape index (κ1) is 58.0. The highest BCUT2D eigenvalue weighted by atomic mass is 16.5. The number of hydrogen-bond donors (Lipinski definition) is 0. The first-order valence-corrected chi connectivity index (χ1v) is 34.3. The van der Waals surface area contributed by atoms with E-state index in [-0.39, 0.29) is 35.1 Å². The Bertz CT molecular complexity index is 5100. The summed E-state index contributed by atoms with van der Waals surface area (Å²) in [6.45, 7) is 18.8. The number of nitrogens with zero attached hydrogens (tertiary/aromatic N) is 7. The highest BCUT2D eigenvalue weighted by molar-refractivity contribution is 7.02. The molecule has 18 rings (SSSR count). The van der Waals surface area contributed by atoms with Crippen LogP contribution >= 0.6 is 0 Å². The quantitative estimate of drug-likeness (QED) is 0.133. The molecule has 0 saturated carbocycles. The van der Waals surface area contributed by atoms with Crippen LogP contribution < -0.4 is 62.0 Å². The number of para-hydroxylation sites is 7. The van der Waals surface area contributed by atoms with E-state index in [1.807, 2.05) is 0 Å². The van der Waals surface area contributed by atoms with Gasteiger partial charge in [0.1, 0.15) is 34.8 Å². The van der Waals surface area contributed by atoms with E-state index in [1.54, 1.807) is 0 Å². The van der Waals surface area contributed by atoms with Gasteiger partial charge in [0, 0.05) is 86.2 Å². The molecule has 6 heterocycles. The van der Waals surface area contributed by atoms with Gasteiger partial charge in [-0.05, 0) is 194 Å². The second kappa shape index (κ2) is 21.5. The molecule has 2 aromatic heterocycles. The lowest BCUT2D eigenvalue weighted by Crippen LogP contribution is -2.64. The summed E-state index contributed by atoms with van der Waals surface area (Å²) in [5.74, 6) is 4.90. The van der Waals surface area contributed by atoms with Gasteiger partial charge in [-0.15, -0.1) is 0 Å². The maximum absolute atomic E-state index is 7.83. The molecule has 2 aliphatic carbocycles. The molecular weight excluding hydrogens is 1170 g/mol. The first-order valence-electron chi connectivity index (χ1n) is 34.3. The summed E-state index contributed by atoms with van der Waals surface area (Å²) in [6.07, 6.45) is 4.50. The van der Waals surface area contributed by atoms with Crippen LogP contribution in [0.15, 0.2) is 261 Å². The lowest BCUT2D eigenvalue weighted by Gasteiger charge is -2.45. The molecule has 0 fully saturated rings. The number of aromatic nitrogens is 2. The summed E-state index contributed by atoms with van der Waals surface area (Å²) < 4.78 is 7.83. The molecule has 0 spiro atoms. The second-order valence-electron chi connectivity index (χ2n) is 29.8. The normalized spacial score (nSPS) is 16.5. The number of rotatable bonds is 9. The third-order valence-corrected chi connectivity index (χ3v) is 22.2. The van der Waals surface area contributed by atoms with E-state index in [9.17, 15) is 0 Å². The van der Waals surface area contributed by atoms with Gasteiger partial charge >= 0.3 is 0 Å². The highest BCUT2D eigenvalue weighted by Gasteiger charge is 2.50. The third kappa shape index (κ3) is 8.97. The Labute approximate surface area is 565 Å². The molecule has 466 valence electrons. The van der Waals surface area contributed by atoms with Gasteiger partial charge in [-0.25, -0.2) is 9.97 Å². The van der Waals surface area contributed by atoms with Gasteiger partial charge in [0.25, 0.3) is 13.4 Å². The number of anilines is 15. The van der Waals surface area contributed by atoms with Crippen molar-refractivity contribution in [2.45, 2.75) is 103 Å². The highest BCUT2D eigenvalue weighted by Crippen LogP contribution is 2.53. The minimum absolute atomic E-state index is 0.0158. The number of benzene rings is 10. The summed E-state index contributed by atoms with van der Waals surface area (Å²) in [5, 5.41) is 0. The van der Waals surface area contributed by atoms with Gasteiger partial charge < -0.3 is 9.64 Å². The van der Waals surface area contributed by atoms with Crippen molar-refractivity contribution in [1.29, 1.82) is 0 Å². The molecule has 8 nitrogen and oxygen atoms in total. The Balaban J connectivity index is 0.898. The predicted molar refractivity (Wildman–Crippen MR) is 402 cm³/mol. The zero-order valence-corrected chi connectivity index (χ0v) is 55.8. The van der Waals surface area contributed by atoms with E-state index in [0.29, 0.717) is 0 Å². The fourth-order valence-electron chi connectivity index (χ4n) is 17.0. The Morgan fingerprint density at radius 1 is 0.312 bits per heavy atom. The summed E-state index contributed by atoms with van der Waals surface area (Å²) in [7, 11) is 0. The van der Waals surface area contributed by atoms with Crippen LogP contribution in [0.4, 0.5) is 85.8 Å². The zero-order chi connectivity index (χ0) is 65.0. The van der Waals surface area contributed by atoms with Crippen molar-refractivity contribution in [3.8, 4) is 11.5 Å². The maximum Gasteiger partial charge on any atom is 0.258 e. The molecule has 12 aromatic rings. The Morgan fingerprint density at radius 2 is 0.708 bits per heavy atom. The fraction of sp³-hybridized carbons (Fsp3) is 0.186. The van der Waals surface area contributed by atoms with E-state index in [1.165, 1.54) is 38.6 Å². The van der Waals surface area contributed by atoms with Gasteiger partial charge in [0.15, 0.2) is 0 Å². The molecule has 0 saturated heterocycles. The van der Waals surface area contributed by atoms with Gasteiger partial charge in [-0.3, -0.25) is 19.6 Å². The van der Waals surface area contributed by atoms with Crippen molar-refractivity contribution in [2.24, 2.45) is 0 Å². The van der Waals surface area contributed by atoms with Gasteiger partial charge in [-0.2, -0.15) is 0 Å². The van der Waals surface area contributed by atoms with Crippen molar-refractivity contribution in [3.63, 3.8) is 0 Å². The fourth-order valence-corrected chi connectivity index (χ4v) is 17.0. The number of fused-ring (bicyclic) bond motifs is 10. The molecule has 0 amide bonds. The zero-order valence-electron chi connectivity index (χ0n) is 55.8. The lowest BCUT2D eigenvalue weighted by molar-refractivity contribution is 0.332. The van der Waals surface area contributed by atoms with E-state index in [2.05, 4.69) is 341 Å². The minimum atomic E-state index is -0.253. The van der Waals surface area contributed by atoms with Crippen LogP contribution in [0.1, 0.15) is 103 Å². The van der Waals surface area contributed by atoms with E-state index in [4.69, 9.17) is 14.7 Å². The number of ether oxygens (including phenoxy) is 1. The Hall–Kier alpha value is -10.6.